The van der Waals surface area contributed by atoms with Crippen LogP contribution >= 0.6 is 0 Å². The van der Waals surface area contributed by atoms with Crippen LogP contribution in [0.25, 0.3) is 0 Å². The van der Waals surface area contributed by atoms with Crippen molar-refractivity contribution in [2.24, 2.45) is 10.9 Å². The van der Waals surface area contributed by atoms with Gasteiger partial charge in [0.25, 0.3) is 0 Å². The zero-order valence-electron chi connectivity index (χ0n) is 8.51. The summed E-state index contributed by atoms with van der Waals surface area (Å²) in [5, 5.41) is 7.50. The maximum atomic E-state index is 11.0. The molecule has 0 bridgehead atoms. The molecule has 7 heteroatoms. The van der Waals surface area contributed by atoms with Gasteiger partial charge in [0.15, 0.2) is 0 Å². The Bertz CT molecular complexity index is 485. The van der Waals surface area contributed by atoms with Crippen molar-refractivity contribution in [1.29, 1.82) is 0 Å². The van der Waals surface area contributed by atoms with Gasteiger partial charge in [-0.25, -0.2) is 13.6 Å². The van der Waals surface area contributed by atoms with Gasteiger partial charge < -0.3 is 11.1 Å². The third-order valence-electron chi connectivity index (χ3n) is 1.90. The van der Waals surface area contributed by atoms with Crippen molar-refractivity contribution < 1.29 is 13.2 Å². The summed E-state index contributed by atoms with van der Waals surface area (Å²) in [7, 11) is -3.71. The molecule has 0 saturated heterocycles. The number of rotatable bonds is 4. The van der Waals surface area contributed by atoms with Gasteiger partial charge in [0.05, 0.1) is 11.4 Å². The van der Waals surface area contributed by atoms with Crippen LogP contribution in [0.1, 0.15) is 5.56 Å². The molecule has 0 aromatic heterocycles. The van der Waals surface area contributed by atoms with Crippen molar-refractivity contribution in [3.8, 4) is 0 Å². The molecule has 1 aromatic carbocycles. The fourth-order valence-electron chi connectivity index (χ4n) is 1.11. The molecule has 0 unspecified atom stereocenters. The molecule has 0 aliphatic carbocycles. The number of carbonyl (C=O) groups excluding carboxylic acids is 1. The van der Waals surface area contributed by atoms with Crippen molar-refractivity contribution in [3.63, 3.8) is 0 Å². The number of nitrogens with two attached hydrogens (primary N) is 2. The van der Waals surface area contributed by atoms with Crippen LogP contribution in [0, 0.1) is 0 Å². The number of primary sulfonamides is 1. The van der Waals surface area contributed by atoms with Gasteiger partial charge in [-0.1, -0.05) is 12.1 Å². The molecule has 0 saturated carbocycles. The quantitative estimate of drug-likeness (QED) is 0.623. The average molecular weight is 243 g/mol. The van der Waals surface area contributed by atoms with Gasteiger partial charge in [-0.05, 0) is 17.7 Å². The Morgan fingerprint density at radius 3 is 2.62 bits per heavy atom. The molecule has 1 amide bonds. The van der Waals surface area contributed by atoms with Crippen molar-refractivity contribution in [2.75, 3.05) is 6.54 Å². The molecule has 0 spiro atoms. The highest BCUT2D eigenvalue weighted by Crippen LogP contribution is 2.09. The normalized spacial score (nSPS) is 11.1. The van der Waals surface area contributed by atoms with Gasteiger partial charge in [-0.15, -0.1) is 0 Å². The van der Waals surface area contributed by atoms with Gasteiger partial charge in [0.1, 0.15) is 0 Å². The van der Waals surface area contributed by atoms with Crippen molar-refractivity contribution in [1.82, 2.24) is 5.32 Å². The van der Waals surface area contributed by atoms with Crippen LogP contribution < -0.4 is 16.2 Å². The van der Waals surface area contributed by atoms with E-state index in [2.05, 4.69) is 5.32 Å². The first-order valence-corrected chi connectivity index (χ1v) is 6.06. The number of nitrogens with one attached hydrogen (secondary N) is 1. The van der Waals surface area contributed by atoms with E-state index in [1.165, 1.54) is 12.1 Å². The van der Waals surface area contributed by atoms with Crippen LogP contribution in [0.15, 0.2) is 29.2 Å². The molecular weight excluding hydrogens is 230 g/mol. The molecule has 0 heterocycles. The summed E-state index contributed by atoms with van der Waals surface area (Å²) < 4.78 is 22.1. The lowest BCUT2D eigenvalue weighted by atomic mass is 10.2. The first-order valence-electron chi connectivity index (χ1n) is 4.52. The molecule has 0 atom stereocenters. The van der Waals surface area contributed by atoms with E-state index in [4.69, 9.17) is 10.9 Å². The van der Waals surface area contributed by atoms with Crippen LogP contribution in [-0.4, -0.2) is 20.9 Å². The molecule has 0 aliphatic heterocycles. The zero-order chi connectivity index (χ0) is 12.2. The Morgan fingerprint density at radius 1 is 1.38 bits per heavy atom. The maximum Gasteiger partial charge on any atom is 0.238 e. The van der Waals surface area contributed by atoms with Gasteiger partial charge in [0.2, 0.25) is 15.9 Å². The second-order valence-corrected chi connectivity index (χ2v) is 4.73. The summed E-state index contributed by atoms with van der Waals surface area (Å²) in [6, 6.07) is 6.05. The van der Waals surface area contributed by atoms with Gasteiger partial charge in [0, 0.05) is 6.54 Å². The molecule has 6 nitrogen and oxygen atoms in total. The van der Waals surface area contributed by atoms with Crippen molar-refractivity contribution >= 4 is 15.9 Å². The molecule has 1 aromatic rings. The number of hydrogen-bond acceptors (Lipinski definition) is 4. The third kappa shape index (κ3) is 3.61. The first-order chi connectivity index (χ1) is 7.43. The molecular formula is C9H13N3O3S. The smallest absolute Gasteiger partial charge is 0.238 e. The molecule has 16 heavy (non-hydrogen) atoms. The van der Waals surface area contributed by atoms with Crippen LogP contribution in [0.2, 0.25) is 0 Å². The van der Waals surface area contributed by atoms with Crippen LogP contribution in [0.4, 0.5) is 0 Å². The summed E-state index contributed by atoms with van der Waals surface area (Å²) in [6.07, 6.45) is 0. The predicted octanol–water partition coefficient (Wildman–Crippen LogP) is -1.09. The van der Waals surface area contributed by atoms with Gasteiger partial charge in [-0.3, -0.25) is 4.79 Å². The van der Waals surface area contributed by atoms with E-state index in [-0.39, 0.29) is 23.9 Å². The summed E-state index contributed by atoms with van der Waals surface area (Å²) in [4.78, 5) is 10.9. The second-order valence-electron chi connectivity index (χ2n) is 3.17. The number of hydrogen-bond donors (Lipinski definition) is 3. The molecule has 0 fully saturated rings. The Hall–Kier alpha value is -1.44. The van der Waals surface area contributed by atoms with E-state index in [1.54, 1.807) is 12.1 Å². The van der Waals surface area contributed by atoms with E-state index in [9.17, 15) is 13.2 Å². The summed E-state index contributed by atoms with van der Waals surface area (Å²) in [5.41, 5.74) is 5.75. The Morgan fingerprint density at radius 2 is 2.06 bits per heavy atom. The molecule has 0 radical (unpaired) electrons. The molecule has 5 N–H and O–H groups in total. The minimum Gasteiger partial charge on any atom is -0.351 e. The maximum absolute atomic E-state index is 11.0. The standard InChI is InChI=1S/C9H13N3O3S/c10-5-9(13)12-6-7-2-1-3-8(4-7)16(11,14)15/h1-4H,5-6,10H2,(H,12,13)(H2,11,14,15). The van der Waals surface area contributed by atoms with Crippen molar-refractivity contribution in [3.05, 3.63) is 29.8 Å². The third-order valence-corrected chi connectivity index (χ3v) is 2.81. The van der Waals surface area contributed by atoms with E-state index in [0.717, 1.165) is 0 Å². The lowest BCUT2D eigenvalue weighted by Crippen LogP contribution is -2.29. The van der Waals surface area contributed by atoms with Crippen LogP contribution in [0.5, 0.6) is 0 Å². The van der Waals surface area contributed by atoms with Gasteiger partial charge >= 0.3 is 0 Å². The first kappa shape index (κ1) is 12.6. The van der Waals surface area contributed by atoms with E-state index in [1.807, 2.05) is 0 Å². The molecule has 0 aliphatic rings. The van der Waals surface area contributed by atoms with Crippen LogP contribution in [-0.2, 0) is 21.4 Å². The lowest BCUT2D eigenvalue weighted by Gasteiger charge is -2.05. The fourth-order valence-corrected chi connectivity index (χ4v) is 1.69. The Balaban J connectivity index is 2.80. The Labute approximate surface area is 93.7 Å². The average Bonchev–Trinajstić information content (AvgIpc) is 2.25. The number of benzene rings is 1. The number of sulfonamides is 1. The highest BCUT2D eigenvalue weighted by atomic mass is 32.2. The minimum absolute atomic E-state index is 0.0204. The zero-order valence-corrected chi connectivity index (χ0v) is 9.33. The lowest BCUT2D eigenvalue weighted by molar-refractivity contribution is -0.119. The Kier molecular flexibility index (Phi) is 3.99. The summed E-state index contributed by atoms with van der Waals surface area (Å²) >= 11 is 0. The topological polar surface area (TPSA) is 115 Å². The van der Waals surface area contributed by atoms with Crippen LogP contribution in [0.3, 0.4) is 0 Å². The largest absolute Gasteiger partial charge is 0.351 e. The highest BCUT2D eigenvalue weighted by Gasteiger charge is 2.07. The minimum atomic E-state index is -3.71. The summed E-state index contributed by atoms with van der Waals surface area (Å²) in [6.45, 7) is 0.119. The monoisotopic (exact) mass is 243 g/mol. The van der Waals surface area contributed by atoms with Crippen molar-refractivity contribution in [2.45, 2.75) is 11.4 Å². The number of amides is 1. The number of carbonyl (C=O) groups is 1. The highest BCUT2D eigenvalue weighted by molar-refractivity contribution is 7.89. The fraction of sp³-hybridized carbons (Fsp3) is 0.222. The SMILES string of the molecule is NCC(=O)NCc1cccc(S(N)(=O)=O)c1. The van der Waals surface area contributed by atoms with E-state index in [0.29, 0.717) is 5.56 Å². The molecule has 1 rings (SSSR count). The second kappa shape index (κ2) is 5.06. The predicted molar refractivity (Wildman–Crippen MR) is 58.7 cm³/mol. The van der Waals surface area contributed by atoms with E-state index < -0.39 is 10.0 Å². The van der Waals surface area contributed by atoms with E-state index >= 15 is 0 Å². The van der Waals surface area contributed by atoms with Gasteiger partial charge in [-0.2, -0.15) is 0 Å². The summed E-state index contributed by atoms with van der Waals surface area (Å²) in [5.74, 6) is -0.305. The molecule has 88 valence electrons.